The molecule has 22 heavy (non-hydrogen) atoms. The van der Waals surface area contributed by atoms with Crippen LogP contribution < -0.4 is 5.32 Å². The molecule has 1 saturated carbocycles. The molecule has 2 rings (SSSR count). The first kappa shape index (κ1) is 16.1. The minimum absolute atomic E-state index is 0.0503. The van der Waals surface area contributed by atoms with Crippen LogP contribution in [-0.2, 0) is 9.59 Å². The summed E-state index contributed by atoms with van der Waals surface area (Å²) in [7, 11) is 1.68. The highest BCUT2D eigenvalue weighted by Crippen LogP contribution is 2.38. The van der Waals surface area contributed by atoms with E-state index >= 15 is 0 Å². The lowest BCUT2D eigenvalue weighted by molar-refractivity contribution is -0.141. The first-order valence-electron chi connectivity index (χ1n) is 7.57. The molecule has 4 nitrogen and oxygen atoms in total. The van der Waals surface area contributed by atoms with Crippen molar-refractivity contribution in [3.05, 3.63) is 29.8 Å². The molecule has 4 heteroatoms. The van der Waals surface area contributed by atoms with Crippen molar-refractivity contribution in [3.8, 4) is 12.3 Å². The predicted molar refractivity (Wildman–Crippen MR) is 87.2 cm³/mol. The van der Waals surface area contributed by atoms with Crippen LogP contribution in [0.2, 0.25) is 0 Å². The third-order valence-electron chi connectivity index (χ3n) is 4.26. The predicted octanol–water partition coefficient (Wildman–Crippen LogP) is 2.65. The zero-order valence-corrected chi connectivity index (χ0v) is 13.2. The number of nitrogens with zero attached hydrogens (tertiary/aromatic N) is 1. The van der Waals surface area contributed by atoms with Crippen LogP contribution >= 0.6 is 0 Å². The summed E-state index contributed by atoms with van der Waals surface area (Å²) in [6, 6.07) is 7.10. The van der Waals surface area contributed by atoms with Crippen molar-refractivity contribution in [2.24, 2.45) is 5.41 Å². The summed E-state index contributed by atoms with van der Waals surface area (Å²) in [6.45, 7) is 2.04. The lowest BCUT2D eigenvalue weighted by atomic mass is 9.87. The summed E-state index contributed by atoms with van der Waals surface area (Å²) in [5.74, 6) is 2.36. The fourth-order valence-electron chi connectivity index (χ4n) is 3.00. The summed E-state index contributed by atoms with van der Waals surface area (Å²) in [5, 5.41) is 2.78. The van der Waals surface area contributed by atoms with E-state index in [1.807, 2.05) is 6.92 Å². The summed E-state index contributed by atoms with van der Waals surface area (Å²) >= 11 is 0. The topological polar surface area (TPSA) is 49.4 Å². The van der Waals surface area contributed by atoms with E-state index in [1.165, 1.54) is 4.90 Å². The van der Waals surface area contributed by atoms with Crippen LogP contribution in [0.25, 0.3) is 0 Å². The van der Waals surface area contributed by atoms with Gasteiger partial charge in [-0.15, -0.1) is 6.42 Å². The van der Waals surface area contributed by atoms with E-state index in [2.05, 4.69) is 11.2 Å². The first-order chi connectivity index (χ1) is 10.4. The van der Waals surface area contributed by atoms with Crippen molar-refractivity contribution in [1.82, 2.24) is 4.90 Å². The fourth-order valence-corrected chi connectivity index (χ4v) is 3.00. The molecule has 0 heterocycles. The minimum Gasteiger partial charge on any atom is -0.336 e. The Morgan fingerprint density at radius 3 is 2.68 bits per heavy atom. The molecular formula is C18H22N2O2. The van der Waals surface area contributed by atoms with Crippen molar-refractivity contribution in [2.45, 2.75) is 32.6 Å². The Morgan fingerprint density at radius 2 is 2.05 bits per heavy atom. The summed E-state index contributed by atoms with van der Waals surface area (Å²) in [6.07, 6.45) is 9.32. The average molecular weight is 298 g/mol. The van der Waals surface area contributed by atoms with Gasteiger partial charge in [0, 0.05) is 23.7 Å². The molecular weight excluding hydrogens is 276 g/mol. The first-order valence-corrected chi connectivity index (χ1v) is 7.57. The molecule has 0 unspecified atom stereocenters. The molecule has 1 aromatic carbocycles. The molecule has 0 atom stereocenters. The highest BCUT2D eigenvalue weighted by Gasteiger charge is 2.38. The molecule has 1 fully saturated rings. The standard InChI is InChI=1S/C18H22N2O2/c1-4-14-8-7-9-15(12-14)19-16(21)13-20(3)17(22)18(2)10-5-6-11-18/h1,7-9,12H,5-6,10-11,13H2,2-3H3,(H,19,21). The zero-order valence-electron chi connectivity index (χ0n) is 13.2. The number of hydrogen-bond acceptors (Lipinski definition) is 2. The molecule has 1 aliphatic rings. The lowest BCUT2D eigenvalue weighted by Crippen LogP contribution is -2.42. The van der Waals surface area contributed by atoms with Crippen LogP contribution in [0.4, 0.5) is 5.69 Å². The van der Waals surface area contributed by atoms with Gasteiger partial charge in [-0.25, -0.2) is 0 Å². The smallest absolute Gasteiger partial charge is 0.243 e. The summed E-state index contributed by atoms with van der Waals surface area (Å²) < 4.78 is 0. The van der Waals surface area contributed by atoms with Crippen LogP contribution in [0.15, 0.2) is 24.3 Å². The molecule has 1 aromatic rings. The lowest BCUT2D eigenvalue weighted by Gasteiger charge is -2.28. The van der Waals surface area contributed by atoms with Crippen LogP contribution in [0, 0.1) is 17.8 Å². The van der Waals surface area contributed by atoms with Gasteiger partial charge >= 0.3 is 0 Å². The molecule has 0 spiro atoms. The van der Waals surface area contributed by atoms with E-state index in [0.717, 1.165) is 25.7 Å². The monoisotopic (exact) mass is 298 g/mol. The number of likely N-dealkylation sites (N-methyl/N-ethyl adjacent to an activating group) is 1. The third-order valence-corrected chi connectivity index (χ3v) is 4.26. The molecule has 1 aliphatic carbocycles. The Labute approximate surface area is 131 Å². The molecule has 116 valence electrons. The highest BCUT2D eigenvalue weighted by molar-refractivity contribution is 5.95. The summed E-state index contributed by atoms with van der Waals surface area (Å²) in [4.78, 5) is 26.1. The molecule has 2 amide bonds. The van der Waals surface area contributed by atoms with Gasteiger partial charge in [-0.05, 0) is 31.0 Å². The van der Waals surface area contributed by atoms with E-state index in [4.69, 9.17) is 6.42 Å². The van der Waals surface area contributed by atoms with Gasteiger partial charge in [-0.3, -0.25) is 9.59 Å². The van der Waals surface area contributed by atoms with Gasteiger partial charge in [0.25, 0.3) is 0 Å². The van der Waals surface area contributed by atoms with Crippen LogP contribution in [0.5, 0.6) is 0 Å². The maximum absolute atomic E-state index is 12.5. The quantitative estimate of drug-likeness (QED) is 0.869. The van der Waals surface area contributed by atoms with Gasteiger partial charge in [-0.2, -0.15) is 0 Å². The van der Waals surface area contributed by atoms with Crippen molar-refractivity contribution < 1.29 is 9.59 Å². The Morgan fingerprint density at radius 1 is 1.36 bits per heavy atom. The van der Waals surface area contributed by atoms with Crippen molar-refractivity contribution in [1.29, 1.82) is 0 Å². The second-order valence-corrected chi connectivity index (χ2v) is 6.20. The van der Waals surface area contributed by atoms with E-state index in [9.17, 15) is 9.59 Å². The molecule has 0 aliphatic heterocycles. The largest absolute Gasteiger partial charge is 0.336 e. The van der Waals surface area contributed by atoms with Crippen molar-refractivity contribution >= 4 is 17.5 Å². The highest BCUT2D eigenvalue weighted by atomic mass is 16.2. The van der Waals surface area contributed by atoms with Crippen molar-refractivity contribution in [3.63, 3.8) is 0 Å². The van der Waals surface area contributed by atoms with Gasteiger partial charge in [0.05, 0.1) is 6.54 Å². The number of benzene rings is 1. The second-order valence-electron chi connectivity index (χ2n) is 6.20. The number of carbonyl (C=O) groups is 2. The van der Waals surface area contributed by atoms with Crippen LogP contribution in [0.1, 0.15) is 38.2 Å². The Hall–Kier alpha value is -2.28. The average Bonchev–Trinajstić information content (AvgIpc) is 2.94. The maximum Gasteiger partial charge on any atom is 0.243 e. The van der Waals surface area contributed by atoms with Gasteiger partial charge < -0.3 is 10.2 Å². The number of amides is 2. The van der Waals surface area contributed by atoms with Gasteiger partial charge in [0.15, 0.2) is 0 Å². The number of anilines is 1. The number of terminal acetylenes is 1. The molecule has 1 N–H and O–H groups in total. The maximum atomic E-state index is 12.5. The van der Waals surface area contributed by atoms with Gasteiger partial charge in [-0.1, -0.05) is 31.8 Å². The third kappa shape index (κ3) is 3.67. The second kappa shape index (κ2) is 6.65. The Kier molecular flexibility index (Phi) is 4.87. The normalized spacial score (nSPS) is 15.9. The molecule has 0 bridgehead atoms. The number of carbonyl (C=O) groups excluding carboxylic acids is 2. The number of nitrogens with one attached hydrogen (secondary N) is 1. The van der Waals surface area contributed by atoms with Gasteiger partial charge in [0.2, 0.25) is 11.8 Å². The Balaban J connectivity index is 1.93. The van der Waals surface area contributed by atoms with E-state index < -0.39 is 0 Å². The molecule has 0 aromatic heterocycles. The summed E-state index contributed by atoms with van der Waals surface area (Å²) in [5.41, 5.74) is 1.05. The molecule has 0 saturated heterocycles. The molecule has 0 radical (unpaired) electrons. The van der Waals surface area contributed by atoms with Crippen LogP contribution in [-0.4, -0.2) is 30.3 Å². The fraction of sp³-hybridized carbons (Fsp3) is 0.444. The van der Waals surface area contributed by atoms with Gasteiger partial charge in [0.1, 0.15) is 0 Å². The van der Waals surface area contributed by atoms with Crippen molar-refractivity contribution in [2.75, 3.05) is 18.9 Å². The number of rotatable bonds is 4. The zero-order chi connectivity index (χ0) is 16.2. The van der Waals surface area contributed by atoms with E-state index in [1.54, 1.807) is 31.3 Å². The SMILES string of the molecule is C#Cc1cccc(NC(=O)CN(C)C(=O)C2(C)CCCC2)c1. The number of hydrogen-bond donors (Lipinski definition) is 1. The van der Waals surface area contributed by atoms with E-state index in [0.29, 0.717) is 11.3 Å². The van der Waals surface area contributed by atoms with E-state index in [-0.39, 0.29) is 23.8 Å². The Bertz CT molecular complexity index is 610. The van der Waals surface area contributed by atoms with Crippen LogP contribution in [0.3, 0.4) is 0 Å². The minimum atomic E-state index is -0.307.